The van der Waals surface area contributed by atoms with Crippen LogP contribution in [0.3, 0.4) is 0 Å². The molecule has 1 aromatic rings. The van der Waals surface area contributed by atoms with Crippen molar-refractivity contribution in [2.24, 2.45) is 5.92 Å². The molecule has 0 amide bonds. The number of fused-ring (bicyclic) bond motifs is 1. The second kappa shape index (κ2) is 5.83. The first-order valence-corrected chi connectivity index (χ1v) is 7.03. The van der Waals surface area contributed by atoms with E-state index in [1.165, 1.54) is 17.5 Å². The van der Waals surface area contributed by atoms with Gasteiger partial charge in [0.1, 0.15) is 0 Å². The molecule has 1 fully saturated rings. The van der Waals surface area contributed by atoms with Crippen molar-refractivity contribution in [3.05, 3.63) is 35.4 Å². The van der Waals surface area contributed by atoms with Crippen molar-refractivity contribution in [2.45, 2.75) is 18.9 Å². The summed E-state index contributed by atoms with van der Waals surface area (Å²) in [7, 11) is 0. The van der Waals surface area contributed by atoms with Gasteiger partial charge < -0.3 is 15.4 Å². The summed E-state index contributed by atoms with van der Waals surface area (Å²) in [6, 6.07) is 9.27. The Morgan fingerprint density at radius 3 is 3.11 bits per heavy atom. The summed E-state index contributed by atoms with van der Waals surface area (Å²) in [6.45, 7) is 5.07. The van der Waals surface area contributed by atoms with Crippen LogP contribution in [-0.4, -0.2) is 32.8 Å². The number of hydrogen-bond donors (Lipinski definition) is 2. The van der Waals surface area contributed by atoms with Gasteiger partial charge in [-0.15, -0.1) is 0 Å². The highest BCUT2D eigenvalue weighted by atomic mass is 16.5. The second-order valence-electron chi connectivity index (χ2n) is 5.34. The van der Waals surface area contributed by atoms with Gasteiger partial charge in [0.2, 0.25) is 0 Å². The SMILES string of the molecule is c1ccc2c(c1)CCNC2CNCC1CCOC1. The molecule has 0 aromatic heterocycles. The lowest BCUT2D eigenvalue weighted by Crippen LogP contribution is -2.38. The molecular formula is C15H22N2O. The molecular weight excluding hydrogens is 224 g/mol. The van der Waals surface area contributed by atoms with Crippen LogP contribution in [0.25, 0.3) is 0 Å². The summed E-state index contributed by atoms with van der Waals surface area (Å²) in [5, 5.41) is 7.20. The molecule has 1 saturated heterocycles. The zero-order chi connectivity index (χ0) is 12.2. The average Bonchev–Trinajstić information content (AvgIpc) is 2.92. The van der Waals surface area contributed by atoms with E-state index in [1.807, 2.05) is 0 Å². The molecule has 98 valence electrons. The lowest BCUT2D eigenvalue weighted by molar-refractivity contribution is 0.185. The highest BCUT2D eigenvalue weighted by molar-refractivity contribution is 5.32. The molecule has 2 atom stereocenters. The molecule has 18 heavy (non-hydrogen) atoms. The van der Waals surface area contributed by atoms with Crippen LogP contribution < -0.4 is 10.6 Å². The van der Waals surface area contributed by atoms with E-state index in [4.69, 9.17) is 4.74 Å². The normalized spacial score (nSPS) is 27.1. The molecule has 0 saturated carbocycles. The first-order chi connectivity index (χ1) is 8.93. The van der Waals surface area contributed by atoms with Crippen LogP contribution in [-0.2, 0) is 11.2 Å². The van der Waals surface area contributed by atoms with Crippen molar-refractivity contribution >= 4 is 0 Å². The van der Waals surface area contributed by atoms with Gasteiger partial charge >= 0.3 is 0 Å². The van der Waals surface area contributed by atoms with Gasteiger partial charge in [-0.3, -0.25) is 0 Å². The van der Waals surface area contributed by atoms with Crippen molar-refractivity contribution in [1.82, 2.24) is 10.6 Å². The Morgan fingerprint density at radius 1 is 1.28 bits per heavy atom. The minimum Gasteiger partial charge on any atom is -0.381 e. The Hall–Kier alpha value is -0.900. The van der Waals surface area contributed by atoms with E-state index in [2.05, 4.69) is 34.9 Å². The van der Waals surface area contributed by atoms with Crippen LogP contribution in [0.1, 0.15) is 23.6 Å². The maximum Gasteiger partial charge on any atom is 0.0507 e. The lowest BCUT2D eigenvalue weighted by Gasteiger charge is -2.27. The highest BCUT2D eigenvalue weighted by Crippen LogP contribution is 2.22. The van der Waals surface area contributed by atoms with Crippen molar-refractivity contribution in [1.29, 1.82) is 0 Å². The maximum absolute atomic E-state index is 5.40. The monoisotopic (exact) mass is 246 g/mol. The summed E-state index contributed by atoms with van der Waals surface area (Å²) >= 11 is 0. The summed E-state index contributed by atoms with van der Waals surface area (Å²) in [6.07, 6.45) is 2.37. The first kappa shape index (κ1) is 12.2. The third-order valence-corrected chi connectivity index (χ3v) is 4.02. The van der Waals surface area contributed by atoms with E-state index in [0.717, 1.165) is 39.3 Å². The van der Waals surface area contributed by atoms with Gasteiger partial charge in [-0.1, -0.05) is 24.3 Å². The zero-order valence-electron chi connectivity index (χ0n) is 10.8. The smallest absolute Gasteiger partial charge is 0.0507 e. The summed E-state index contributed by atoms with van der Waals surface area (Å²) in [4.78, 5) is 0. The topological polar surface area (TPSA) is 33.3 Å². The van der Waals surface area contributed by atoms with E-state index < -0.39 is 0 Å². The van der Waals surface area contributed by atoms with Crippen LogP contribution in [0.4, 0.5) is 0 Å². The van der Waals surface area contributed by atoms with Gasteiger partial charge in [0, 0.05) is 25.7 Å². The Balaban J connectivity index is 1.54. The van der Waals surface area contributed by atoms with Gasteiger partial charge in [0.25, 0.3) is 0 Å². The fraction of sp³-hybridized carbons (Fsp3) is 0.600. The van der Waals surface area contributed by atoms with Crippen LogP contribution >= 0.6 is 0 Å². The van der Waals surface area contributed by atoms with Crippen molar-refractivity contribution < 1.29 is 4.74 Å². The Morgan fingerprint density at radius 2 is 2.22 bits per heavy atom. The van der Waals surface area contributed by atoms with Gasteiger partial charge in [-0.25, -0.2) is 0 Å². The quantitative estimate of drug-likeness (QED) is 0.844. The molecule has 2 unspecified atom stereocenters. The number of hydrogen-bond acceptors (Lipinski definition) is 3. The van der Waals surface area contributed by atoms with E-state index in [-0.39, 0.29) is 0 Å². The number of benzene rings is 1. The van der Waals surface area contributed by atoms with Crippen molar-refractivity contribution in [3.8, 4) is 0 Å². The molecule has 0 bridgehead atoms. The maximum atomic E-state index is 5.40. The van der Waals surface area contributed by atoms with Crippen molar-refractivity contribution in [2.75, 3.05) is 32.8 Å². The molecule has 0 aliphatic carbocycles. The average molecular weight is 246 g/mol. The van der Waals surface area contributed by atoms with Crippen LogP contribution in [0.2, 0.25) is 0 Å². The Kier molecular flexibility index (Phi) is 3.93. The van der Waals surface area contributed by atoms with Gasteiger partial charge in [-0.2, -0.15) is 0 Å². The number of rotatable bonds is 4. The van der Waals surface area contributed by atoms with E-state index in [1.54, 1.807) is 0 Å². The van der Waals surface area contributed by atoms with Gasteiger partial charge in [-0.05, 0) is 36.4 Å². The van der Waals surface area contributed by atoms with E-state index in [9.17, 15) is 0 Å². The summed E-state index contributed by atoms with van der Waals surface area (Å²) in [5.41, 5.74) is 2.98. The molecule has 0 radical (unpaired) electrons. The summed E-state index contributed by atoms with van der Waals surface area (Å²) < 4.78 is 5.40. The number of nitrogens with one attached hydrogen (secondary N) is 2. The fourth-order valence-electron chi connectivity index (χ4n) is 2.95. The largest absolute Gasteiger partial charge is 0.381 e. The first-order valence-electron chi connectivity index (χ1n) is 7.03. The minimum absolute atomic E-state index is 0.470. The molecule has 3 heteroatoms. The zero-order valence-corrected chi connectivity index (χ0v) is 10.8. The molecule has 2 N–H and O–H groups in total. The van der Waals surface area contributed by atoms with Crippen molar-refractivity contribution in [3.63, 3.8) is 0 Å². The predicted octanol–water partition coefficient (Wildman–Crippen LogP) is 1.50. The fourth-order valence-corrected chi connectivity index (χ4v) is 2.95. The molecule has 1 aromatic carbocycles. The predicted molar refractivity (Wildman–Crippen MR) is 72.7 cm³/mol. The second-order valence-corrected chi connectivity index (χ2v) is 5.34. The van der Waals surface area contributed by atoms with Crippen LogP contribution in [0.5, 0.6) is 0 Å². The van der Waals surface area contributed by atoms with Crippen LogP contribution in [0.15, 0.2) is 24.3 Å². The van der Waals surface area contributed by atoms with E-state index >= 15 is 0 Å². The third-order valence-electron chi connectivity index (χ3n) is 4.02. The molecule has 2 aliphatic rings. The Bertz CT molecular complexity index is 388. The molecule has 2 heterocycles. The van der Waals surface area contributed by atoms with Gasteiger partial charge in [0.15, 0.2) is 0 Å². The Labute approximate surface area is 109 Å². The lowest BCUT2D eigenvalue weighted by atomic mass is 9.94. The number of ether oxygens (including phenoxy) is 1. The van der Waals surface area contributed by atoms with Crippen LogP contribution in [0, 0.1) is 5.92 Å². The van der Waals surface area contributed by atoms with E-state index in [0.29, 0.717) is 12.0 Å². The molecule has 3 rings (SSSR count). The highest BCUT2D eigenvalue weighted by Gasteiger charge is 2.20. The minimum atomic E-state index is 0.470. The standard InChI is InChI=1S/C15H22N2O/c1-2-4-14-13(3-1)5-7-17-15(14)10-16-9-12-6-8-18-11-12/h1-4,12,15-17H,5-11H2. The molecule has 0 spiro atoms. The molecule has 2 aliphatic heterocycles. The summed E-state index contributed by atoms with van der Waals surface area (Å²) in [5.74, 6) is 0.712. The molecule has 3 nitrogen and oxygen atoms in total. The van der Waals surface area contributed by atoms with Gasteiger partial charge in [0.05, 0.1) is 6.61 Å². The third kappa shape index (κ3) is 2.74.